The van der Waals surface area contributed by atoms with Gasteiger partial charge in [0.1, 0.15) is 5.41 Å². The first kappa shape index (κ1) is 20.5. The van der Waals surface area contributed by atoms with Gasteiger partial charge in [-0.25, -0.2) is 14.6 Å². The van der Waals surface area contributed by atoms with Crippen LogP contribution in [-0.2, 0) is 28.8 Å². The van der Waals surface area contributed by atoms with Crippen molar-refractivity contribution in [2.24, 2.45) is 29.1 Å². The topological polar surface area (TPSA) is 104 Å². The molecule has 5 aliphatic heterocycles. The average molecular weight is 425 g/mol. The van der Waals surface area contributed by atoms with Crippen LogP contribution in [0, 0.1) is 29.1 Å². The van der Waals surface area contributed by atoms with Crippen LogP contribution in [0.2, 0.25) is 0 Å². The fraction of sp³-hybridized carbons (Fsp3) is 0.905. The molecule has 6 fully saturated rings. The summed E-state index contributed by atoms with van der Waals surface area (Å²) in [6.07, 6.45) is 1.63. The number of carboxylic acid groups (broad SMARTS) is 1. The van der Waals surface area contributed by atoms with Crippen LogP contribution < -0.4 is 0 Å². The molecule has 0 aromatic carbocycles. The van der Waals surface area contributed by atoms with Crippen molar-refractivity contribution in [3.05, 3.63) is 0 Å². The van der Waals surface area contributed by atoms with Crippen molar-refractivity contribution in [3.63, 3.8) is 0 Å². The molecule has 1 aliphatic carbocycles. The molecule has 6 rings (SSSR count). The van der Waals surface area contributed by atoms with Crippen LogP contribution >= 0.6 is 0 Å². The molecule has 1 amide bonds. The normalized spacial score (nSPS) is 48.9. The summed E-state index contributed by atoms with van der Waals surface area (Å²) in [6, 6.07) is 0. The third-order valence-electron chi connectivity index (χ3n) is 8.17. The molecule has 0 aromatic heterocycles. The number of hydrogen-bond acceptors (Lipinski definition) is 7. The summed E-state index contributed by atoms with van der Waals surface area (Å²) in [5.74, 6) is -1.13. The van der Waals surface area contributed by atoms with Crippen molar-refractivity contribution in [2.45, 2.75) is 77.3 Å². The Bertz CT molecular complexity index is 753. The maximum atomic E-state index is 12.7. The second kappa shape index (κ2) is 6.54. The fourth-order valence-corrected chi connectivity index (χ4v) is 6.24. The van der Waals surface area contributed by atoms with Crippen LogP contribution in [0.25, 0.3) is 0 Å². The Kier molecular flexibility index (Phi) is 4.47. The lowest BCUT2D eigenvalue weighted by Crippen LogP contribution is -2.71. The number of ether oxygens (including phenoxy) is 3. The first-order valence-corrected chi connectivity index (χ1v) is 11.0. The lowest BCUT2D eigenvalue weighted by molar-refractivity contribution is -0.576. The third kappa shape index (κ3) is 2.75. The molecule has 6 aliphatic rings. The third-order valence-corrected chi connectivity index (χ3v) is 8.17. The van der Waals surface area contributed by atoms with Crippen LogP contribution in [0.15, 0.2) is 0 Å². The Balaban J connectivity index is 1.36. The fourth-order valence-electron chi connectivity index (χ4n) is 6.24. The summed E-state index contributed by atoms with van der Waals surface area (Å²) in [7, 11) is 0. The van der Waals surface area contributed by atoms with E-state index in [-0.39, 0.29) is 30.8 Å². The zero-order valence-corrected chi connectivity index (χ0v) is 18.0. The predicted octanol–water partition coefficient (Wildman–Crippen LogP) is 2.74. The standard InChI is InChI=1S/C21H31NO8/c1-11-5-6-14-12(2)15(27-18(25)22-9-19(3,10-22)16(23)24)26-17-21(14)13(11)7-8-20(4,28-17)29-30-21/h11-15,17H,5-10H2,1-4H3,(H,23,24)/t11-,12-,13+,14+,15-,17-,20-,21-/m1/s1. The second-order valence-electron chi connectivity index (χ2n) is 10.4. The van der Waals surface area contributed by atoms with Crippen molar-refractivity contribution in [3.8, 4) is 0 Å². The van der Waals surface area contributed by atoms with Crippen LogP contribution in [-0.4, -0.2) is 59.1 Å². The number of aliphatic carboxylic acids is 1. The van der Waals surface area contributed by atoms with E-state index in [1.165, 1.54) is 4.90 Å². The molecule has 0 radical (unpaired) electrons. The molecule has 5 saturated heterocycles. The van der Waals surface area contributed by atoms with Gasteiger partial charge in [0.15, 0.2) is 11.9 Å². The minimum absolute atomic E-state index is 0.0681. The molecule has 0 unspecified atom stereocenters. The van der Waals surface area contributed by atoms with Gasteiger partial charge in [0, 0.05) is 31.3 Å². The molecule has 1 N–H and O–H groups in total. The molecule has 9 heteroatoms. The highest BCUT2D eigenvalue weighted by Crippen LogP contribution is 2.60. The minimum atomic E-state index is -0.918. The van der Waals surface area contributed by atoms with Gasteiger partial charge in [-0.1, -0.05) is 13.8 Å². The van der Waals surface area contributed by atoms with Crippen LogP contribution in [0.3, 0.4) is 0 Å². The first-order valence-electron chi connectivity index (χ1n) is 11.0. The molecular weight excluding hydrogens is 394 g/mol. The van der Waals surface area contributed by atoms with Crippen molar-refractivity contribution >= 4 is 12.1 Å². The van der Waals surface area contributed by atoms with E-state index in [1.54, 1.807) is 6.92 Å². The van der Waals surface area contributed by atoms with Gasteiger partial charge in [-0.15, -0.1) is 0 Å². The number of rotatable bonds is 2. The zero-order valence-electron chi connectivity index (χ0n) is 18.0. The molecule has 168 valence electrons. The minimum Gasteiger partial charge on any atom is -0.481 e. The number of carbonyl (C=O) groups excluding carboxylic acids is 1. The summed E-state index contributed by atoms with van der Waals surface area (Å²) in [5, 5.41) is 9.27. The summed E-state index contributed by atoms with van der Waals surface area (Å²) >= 11 is 0. The van der Waals surface area contributed by atoms with E-state index in [0.717, 1.165) is 25.7 Å². The lowest BCUT2D eigenvalue weighted by atomic mass is 9.58. The van der Waals surface area contributed by atoms with Crippen LogP contribution in [0.1, 0.15) is 53.4 Å². The molecule has 1 spiro atoms. The Morgan fingerprint density at radius 3 is 2.50 bits per heavy atom. The van der Waals surface area contributed by atoms with Crippen molar-refractivity contribution in [2.75, 3.05) is 13.1 Å². The number of nitrogens with zero attached hydrogens (tertiary/aromatic N) is 1. The van der Waals surface area contributed by atoms with Crippen LogP contribution in [0.5, 0.6) is 0 Å². The highest BCUT2D eigenvalue weighted by atomic mass is 17.3. The van der Waals surface area contributed by atoms with Gasteiger partial charge in [-0.3, -0.25) is 4.79 Å². The lowest BCUT2D eigenvalue weighted by Gasteiger charge is -2.60. The van der Waals surface area contributed by atoms with E-state index in [0.29, 0.717) is 5.92 Å². The van der Waals surface area contributed by atoms with Gasteiger partial charge in [-0.05, 0) is 44.9 Å². The summed E-state index contributed by atoms with van der Waals surface area (Å²) in [5.41, 5.74) is -1.62. The average Bonchev–Trinajstić information content (AvgIpc) is 2.89. The molecule has 30 heavy (non-hydrogen) atoms. The zero-order chi connectivity index (χ0) is 21.5. The van der Waals surface area contributed by atoms with E-state index in [2.05, 4.69) is 6.92 Å². The van der Waals surface area contributed by atoms with Gasteiger partial charge in [0.05, 0.1) is 0 Å². The molecule has 5 heterocycles. The Morgan fingerprint density at radius 1 is 1.07 bits per heavy atom. The highest BCUT2D eigenvalue weighted by Gasteiger charge is 2.70. The Morgan fingerprint density at radius 2 is 1.80 bits per heavy atom. The van der Waals surface area contributed by atoms with Gasteiger partial charge in [0.25, 0.3) is 0 Å². The molecule has 0 aromatic rings. The molecule has 8 atom stereocenters. The van der Waals surface area contributed by atoms with Gasteiger partial charge in [0.2, 0.25) is 12.1 Å². The molecule has 1 saturated carbocycles. The molecule has 2 bridgehead atoms. The second-order valence-corrected chi connectivity index (χ2v) is 10.4. The quantitative estimate of drug-likeness (QED) is 0.674. The van der Waals surface area contributed by atoms with Crippen molar-refractivity contribution in [1.29, 1.82) is 0 Å². The first-order chi connectivity index (χ1) is 14.1. The number of fused-ring (bicyclic) bond motifs is 2. The number of likely N-dealkylation sites (tertiary alicyclic amines) is 1. The SMILES string of the molecule is C[C@H]1[C@@H](OC(=O)N2CC(C)(C(=O)O)C2)O[C@@H]2O[C@@]3(C)CC[C@H]4[C@H](C)CC[C@@H]1[C@@]24OO3. The van der Waals surface area contributed by atoms with E-state index in [9.17, 15) is 14.7 Å². The largest absolute Gasteiger partial charge is 0.481 e. The summed E-state index contributed by atoms with van der Waals surface area (Å²) in [6.45, 7) is 8.00. The van der Waals surface area contributed by atoms with Crippen molar-refractivity contribution in [1.82, 2.24) is 4.90 Å². The van der Waals surface area contributed by atoms with E-state index >= 15 is 0 Å². The smallest absolute Gasteiger partial charge is 0.412 e. The van der Waals surface area contributed by atoms with Gasteiger partial charge >= 0.3 is 12.1 Å². The van der Waals surface area contributed by atoms with E-state index < -0.39 is 41.4 Å². The van der Waals surface area contributed by atoms with E-state index in [1.807, 2.05) is 13.8 Å². The maximum Gasteiger partial charge on any atom is 0.412 e. The predicted molar refractivity (Wildman–Crippen MR) is 101 cm³/mol. The van der Waals surface area contributed by atoms with Gasteiger partial charge in [-0.2, -0.15) is 0 Å². The Hall–Kier alpha value is -1.42. The van der Waals surface area contributed by atoms with E-state index in [4.69, 9.17) is 24.0 Å². The Labute approximate surface area is 175 Å². The summed E-state index contributed by atoms with van der Waals surface area (Å²) < 4.78 is 18.2. The summed E-state index contributed by atoms with van der Waals surface area (Å²) in [4.78, 5) is 37.2. The number of carbonyl (C=O) groups is 2. The number of hydrogen-bond donors (Lipinski definition) is 1. The molecular formula is C21H31NO8. The maximum absolute atomic E-state index is 12.7. The number of carboxylic acids is 1. The van der Waals surface area contributed by atoms with Gasteiger partial charge < -0.3 is 24.2 Å². The molecule has 9 nitrogen and oxygen atoms in total. The monoisotopic (exact) mass is 425 g/mol. The number of amides is 1. The highest BCUT2D eigenvalue weighted by molar-refractivity contribution is 5.80. The van der Waals surface area contributed by atoms with Crippen LogP contribution in [0.4, 0.5) is 4.79 Å². The van der Waals surface area contributed by atoms with Crippen molar-refractivity contribution < 1.29 is 38.7 Å².